The molecular formula is C6H4I2O. The van der Waals surface area contributed by atoms with E-state index in [1.54, 1.807) is 0 Å². The minimum absolute atomic E-state index is 0.238. The lowest BCUT2D eigenvalue weighted by Crippen LogP contribution is -1.99. The number of hydrogen-bond acceptors (Lipinski definition) is 1. The smallest absolute Gasteiger partial charge is 0.173 e. The van der Waals surface area contributed by atoms with Crippen LogP contribution < -0.4 is 0 Å². The Bertz CT molecular complexity index is 203. The van der Waals surface area contributed by atoms with Crippen molar-refractivity contribution in [2.45, 2.75) is 6.42 Å². The van der Waals surface area contributed by atoms with Crippen LogP contribution in [0.2, 0.25) is 0 Å². The van der Waals surface area contributed by atoms with E-state index in [1.165, 1.54) is 0 Å². The second kappa shape index (κ2) is 3.14. The van der Waals surface area contributed by atoms with Crippen molar-refractivity contribution in [1.29, 1.82) is 0 Å². The fourth-order valence-corrected chi connectivity index (χ4v) is 1.52. The molecule has 1 aliphatic carbocycles. The van der Waals surface area contributed by atoms with Crippen molar-refractivity contribution in [3.05, 3.63) is 19.3 Å². The maximum Gasteiger partial charge on any atom is 0.173 e. The van der Waals surface area contributed by atoms with E-state index in [-0.39, 0.29) is 5.78 Å². The molecule has 0 aromatic rings. The maximum atomic E-state index is 10.9. The summed E-state index contributed by atoms with van der Waals surface area (Å²) in [5, 5.41) is 0. The van der Waals surface area contributed by atoms with E-state index >= 15 is 0 Å². The van der Waals surface area contributed by atoms with Crippen LogP contribution in [0.3, 0.4) is 0 Å². The summed E-state index contributed by atoms with van der Waals surface area (Å²) in [6.45, 7) is 0. The van der Waals surface area contributed by atoms with E-state index in [9.17, 15) is 4.79 Å². The van der Waals surface area contributed by atoms with Crippen LogP contribution in [-0.4, -0.2) is 5.78 Å². The van der Waals surface area contributed by atoms with Crippen LogP contribution in [0.5, 0.6) is 0 Å². The second-order valence-corrected chi connectivity index (χ2v) is 3.93. The van der Waals surface area contributed by atoms with Gasteiger partial charge in [0.25, 0.3) is 0 Å². The first-order valence-electron chi connectivity index (χ1n) is 2.47. The van der Waals surface area contributed by atoms with Gasteiger partial charge >= 0.3 is 0 Å². The van der Waals surface area contributed by atoms with Crippen LogP contribution in [0.4, 0.5) is 0 Å². The van der Waals surface area contributed by atoms with E-state index in [1.807, 2.05) is 12.2 Å². The molecule has 3 heteroatoms. The van der Waals surface area contributed by atoms with Crippen molar-refractivity contribution in [2.24, 2.45) is 0 Å². The summed E-state index contributed by atoms with van der Waals surface area (Å²) in [6, 6.07) is 0. The summed E-state index contributed by atoms with van der Waals surface area (Å²) < 4.78 is 1.93. The standard InChI is InChI=1S/C6H4I2O/c7-4-2-1-3-5(9)6(4)8/h1-2H,3H2. The average Bonchev–Trinajstić information content (AvgIpc) is 1.83. The predicted molar refractivity (Wildman–Crippen MR) is 53.8 cm³/mol. The minimum atomic E-state index is 0.238. The molecule has 0 radical (unpaired) electrons. The summed E-state index contributed by atoms with van der Waals surface area (Å²) in [4.78, 5) is 10.9. The van der Waals surface area contributed by atoms with Crippen molar-refractivity contribution >= 4 is 51.0 Å². The summed E-state index contributed by atoms with van der Waals surface area (Å²) >= 11 is 4.24. The molecule has 9 heavy (non-hydrogen) atoms. The number of halogens is 2. The van der Waals surface area contributed by atoms with Crippen LogP contribution in [0, 0.1) is 0 Å². The van der Waals surface area contributed by atoms with Gasteiger partial charge in [-0.05, 0) is 45.2 Å². The lowest BCUT2D eigenvalue weighted by Gasteiger charge is -2.02. The zero-order valence-corrected chi connectivity index (χ0v) is 8.84. The number of hydrogen-bond donors (Lipinski definition) is 0. The third-order valence-corrected chi connectivity index (χ3v) is 4.14. The van der Waals surface area contributed by atoms with Crippen LogP contribution in [-0.2, 0) is 4.79 Å². The highest BCUT2D eigenvalue weighted by molar-refractivity contribution is 14.1. The maximum absolute atomic E-state index is 10.9. The van der Waals surface area contributed by atoms with Gasteiger partial charge in [-0.2, -0.15) is 0 Å². The highest BCUT2D eigenvalue weighted by Crippen LogP contribution is 2.25. The Hall–Kier alpha value is 0.610. The Kier molecular flexibility index (Phi) is 2.69. The van der Waals surface area contributed by atoms with Gasteiger partial charge in [-0.1, -0.05) is 12.2 Å². The molecule has 0 saturated carbocycles. The lowest BCUT2D eigenvalue weighted by molar-refractivity contribution is -0.114. The lowest BCUT2D eigenvalue weighted by atomic mass is 10.2. The molecule has 0 aliphatic heterocycles. The van der Waals surface area contributed by atoms with Crippen LogP contribution >= 0.6 is 45.2 Å². The molecular weight excluding hydrogens is 342 g/mol. The summed E-state index contributed by atoms with van der Waals surface area (Å²) in [5.41, 5.74) is 0. The number of carbonyl (C=O) groups is 1. The molecule has 0 aromatic heterocycles. The van der Waals surface area contributed by atoms with Crippen LogP contribution in [0.25, 0.3) is 0 Å². The fourth-order valence-electron chi connectivity index (χ4n) is 0.565. The molecule has 1 rings (SSSR count). The molecule has 0 atom stereocenters. The van der Waals surface area contributed by atoms with E-state index < -0.39 is 0 Å². The monoisotopic (exact) mass is 346 g/mol. The summed E-state index contributed by atoms with van der Waals surface area (Å²) in [6.07, 6.45) is 4.45. The zero-order valence-electron chi connectivity index (χ0n) is 4.53. The molecule has 0 amide bonds. The Labute approximate surface area is 80.9 Å². The summed E-state index contributed by atoms with van der Waals surface area (Å²) in [7, 11) is 0. The quantitative estimate of drug-likeness (QED) is 0.617. The summed E-state index contributed by atoms with van der Waals surface area (Å²) in [5.74, 6) is 0.238. The van der Waals surface area contributed by atoms with Crippen molar-refractivity contribution in [3.8, 4) is 0 Å². The Morgan fingerprint density at radius 2 is 2.11 bits per heavy atom. The molecule has 0 N–H and O–H groups in total. The van der Waals surface area contributed by atoms with Gasteiger partial charge in [-0.3, -0.25) is 4.79 Å². The number of allylic oxidation sites excluding steroid dienone is 4. The normalized spacial score (nSPS) is 19.1. The highest BCUT2D eigenvalue weighted by atomic mass is 127. The first-order valence-corrected chi connectivity index (χ1v) is 4.62. The fraction of sp³-hybridized carbons (Fsp3) is 0.167. The average molecular weight is 346 g/mol. The third kappa shape index (κ3) is 1.76. The molecule has 0 heterocycles. The second-order valence-electron chi connectivity index (χ2n) is 1.69. The van der Waals surface area contributed by atoms with Gasteiger partial charge in [0.1, 0.15) is 0 Å². The first kappa shape index (κ1) is 7.71. The van der Waals surface area contributed by atoms with Crippen molar-refractivity contribution in [3.63, 3.8) is 0 Å². The van der Waals surface area contributed by atoms with Gasteiger partial charge in [0.2, 0.25) is 0 Å². The van der Waals surface area contributed by atoms with E-state index in [2.05, 4.69) is 45.2 Å². The molecule has 0 bridgehead atoms. The molecule has 1 aliphatic rings. The van der Waals surface area contributed by atoms with Gasteiger partial charge in [0.05, 0.1) is 3.58 Å². The molecule has 0 unspecified atom stereocenters. The van der Waals surface area contributed by atoms with Crippen LogP contribution in [0.15, 0.2) is 19.3 Å². The Balaban J connectivity index is 2.97. The first-order chi connectivity index (χ1) is 4.22. The molecule has 1 nitrogen and oxygen atoms in total. The van der Waals surface area contributed by atoms with Gasteiger partial charge in [0.15, 0.2) is 5.78 Å². The van der Waals surface area contributed by atoms with Gasteiger partial charge in [-0.15, -0.1) is 0 Å². The molecule has 48 valence electrons. The van der Waals surface area contributed by atoms with Crippen molar-refractivity contribution < 1.29 is 4.79 Å². The van der Waals surface area contributed by atoms with Crippen LogP contribution in [0.1, 0.15) is 6.42 Å². The highest BCUT2D eigenvalue weighted by Gasteiger charge is 2.10. The van der Waals surface area contributed by atoms with Gasteiger partial charge in [-0.25, -0.2) is 0 Å². The predicted octanol–water partition coefficient (Wildman–Crippen LogP) is 2.60. The van der Waals surface area contributed by atoms with E-state index in [4.69, 9.17) is 0 Å². The SMILES string of the molecule is O=C1CC=CC(I)=C1I. The van der Waals surface area contributed by atoms with E-state index in [0.717, 1.165) is 7.16 Å². The number of ketones is 1. The topological polar surface area (TPSA) is 17.1 Å². The number of Topliss-reactive ketones (excluding diaryl/α,β-unsaturated/α-hetero) is 1. The minimum Gasteiger partial charge on any atom is -0.293 e. The van der Waals surface area contributed by atoms with Crippen molar-refractivity contribution in [2.75, 3.05) is 0 Å². The largest absolute Gasteiger partial charge is 0.293 e. The number of rotatable bonds is 0. The molecule has 0 aromatic carbocycles. The molecule has 0 spiro atoms. The molecule has 0 saturated heterocycles. The van der Waals surface area contributed by atoms with E-state index in [0.29, 0.717) is 6.42 Å². The van der Waals surface area contributed by atoms with Gasteiger partial charge in [0, 0.05) is 10.0 Å². The van der Waals surface area contributed by atoms with Gasteiger partial charge < -0.3 is 0 Å². The molecule has 0 fully saturated rings. The number of carbonyl (C=O) groups excluding carboxylic acids is 1. The van der Waals surface area contributed by atoms with Crippen molar-refractivity contribution in [1.82, 2.24) is 0 Å². The Morgan fingerprint density at radius 3 is 2.56 bits per heavy atom. The zero-order chi connectivity index (χ0) is 6.85. The third-order valence-electron chi connectivity index (χ3n) is 1.02. The Morgan fingerprint density at radius 1 is 1.44 bits per heavy atom.